The summed E-state index contributed by atoms with van der Waals surface area (Å²) < 4.78 is 11.1. The Morgan fingerprint density at radius 2 is 1.90 bits per heavy atom. The second kappa shape index (κ2) is 9.27. The number of ether oxygens (including phenoxy) is 2. The van der Waals surface area contributed by atoms with Crippen molar-refractivity contribution in [2.24, 2.45) is 0 Å². The van der Waals surface area contributed by atoms with Crippen molar-refractivity contribution in [3.63, 3.8) is 0 Å². The van der Waals surface area contributed by atoms with Crippen LogP contribution in [0.2, 0.25) is 0 Å². The fourth-order valence-electron chi connectivity index (χ4n) is 2.71. The molecule has 0 aromatic heterocycles. The van der Waals surface area contributed by atoms with Crippen molar-refractivity contribution in [3.8, 4) is 11.5 Å². The summed E-state index contributed by atoms with van der Waals surface area (Å²) in [6.07, 6.45) is 3.12. The van der Waals surface area contributed by atoms with E-state index in [1.54, 1.807) is 36.4 Å². The number of hydrogen-bond donors (Lipinski definition) is 0. The highest BCUT2D eigenvalue weighted by Crippen LogP contribution is 2.34. The number of nitro groups is 1. The molecule has 0 N–H and O–H groups in total. The molecule has 0 atom stereocenters. The van der Waals surface area contributed by atoms with Crippen molar-refractivity contribution < 1.29 is 24.0 Å². The van der Waals surface area contributed by atoms with Gasteiger partial charge in [0, 0.05) is 18.7 Å². The van der Waals surface area contributed by atoms with E-state index in [4.69, 9.17) is 9.47 Å². The van der Waals surface area contributed by atoms with Crippen LogP contribution in [-0.2, 0) is 11.4 Å². The molecular formula is C21H18N2O6S. The third-order valence-corrected chi connectivity index (χ3v) is 5.12. The Morgan fingerprint density at radius 1 is 1.17 bits per heavy atom. The van der Waals surface area contributed by atoms with Crippen LogP contribution < -0.4 is 9.47 Å². The van der Waals surface area contributed by atoms with Crippen LogP contribution in [0.4, 0.5) is 10.5 Å². The molecule has 3 rings (SSSR count). The monoisotopic (exact) mass is 426 g/mol. The molecule has 8 nitrogen and oxygen atoms in total. The lowest BCUT2D eigenvalue weighted by Crippen LogP contribution is -2.27. The molecule has 2 amide bonds. The normalized spacial score (nSPS) is 14.8. The summed E-state index contributed by atoms with van der Waals surface area (Å²) in [5.41, 5.74) is 1.46. The smallest absolute Gasteiger partial charge is 0.293 e. The van der Waals surface area contributed by atoms with Gasteiger partial charge in [-0.3, -0.25) is 24.6 Å². The Labute approximate surface area is 176 Å². The van der Waals surface area contributed by atoms with E-state index in [-0.39, 0.29) is 30.0 Å². The molecular weight excluding hydrogens is 408 g/mol. The highest BCUT2D eigenvalue weighted by atomic mass is 32.2. The summed E-state index contributed by atoms with van der Waals surface area (Å²) in [5.74, 6) is 0.575. The molecule has 1 aliphatic heterocycles. The Hall–Kier alpha value is -3.59. The van der Waals surface area contributed by atoms with Crippen LogP contribution in [0.25, 0.3) is 6.08 Å². The van der Waals surface area contributed by atoms with Gasteiger partial charge in [-0.05, 0) is 53.2 Å². The molecule has 0 saturated carbocycles. The quantitative estimate of drug-likeness (QED) is 0.267. The number of thioether (sulfide) groups is 1. The number of imide groups is 1. The minimum atomic E-state index is -0.460. The summed E-state index contributed by atoms with van der Waals surface area (Å²) >= 11 is 0.876. The van der Waals surface area contributed by atoms with Gasteiger partial charge in [-0.2, -0.15) is 0 Å². The molecule has 0 aliphatic carbocycles. The number of rotatable bonds is 8. The third-order valence-electron chi connectivity index (χ3n) is 4.21. The van der Waals surface area contributed by atoms with Crippen molar-refractivity contribution in [3.05, 3.63) is 81.3 Å². The van der Waals surface area contributed by atoms with Gasteiger partial charge in [-0.1, -0.05) is 12.1 Å². The summed E-state index contributed by atoms with van der Waals surface area (Å²) in [4.78, 5) is 36.0. The molecule has 1 fully saturated rings. The molecule has 1 saturated heterocycles. The van der Waals surface area contributed by atoms with Crippen LogP contribution in [-0.4, -0.2) is 34.6 Å². The zero-order valence-electron chi connectivity index (χ0n) is 16.1. The van der Waals surface area contributed by atoms with Gasteiger partial charge in [0.25, 0.3) is 16.8 Å². The maximum Gasteiger partial charge on any atom is 0.293 e. The van der Waals surface area contributed by atoms with E-state index in [1.807, 2.05) is 0 Å². The van der Waals surface area contributed by atoms with Crippen LogP contribution in [0.1, 0.15) is 11.1 Å². The molecule has 0 radical (unpaired) electrons. The largest absolute Gasteiger partial charge is 0.493 e. The molecule has 0 spiro atoms. The van der Waals surface area contributed by atoms with E-state index in [1.165, 1.54) is 25.3 Å². The number of benzene rings is 2. The Morgan fingerprint density at radius 3 is 2.53 bits per heavy atom. The molecule has 2 aromatic carbocycles. The maximum atomic E-state index is 12.3. The molecule has 9 heteroatoms. The standard InChI is InChI=1S/C21H18N2O6S/c1-3-10-22-20(24)19(30-21(22)25)12-15-6-9-17(18(11-15)28-2)29-13-14-4-7-16(8-5-14)23(26)27/h3-9,11-12H,1,10,13H2,2H3/b19-12+. The van der Waals surface area contributed by atoms with Gasteiger partial charge < -0.3 is 9.47 Å². The van der Waals surface area contributed by atoms with Crippen molar-refractivity contribution in [2.45, 2.75) is 6.61 Å². The first-order valence-electron chi connectivity index (χ1n) is 8.83. The number of amides is 2. The van der Waals surface area contributed by atoms with Gasteiger partial charge in [0.1, 0.15) is 6.61 Å². The minimum Gasteiger partial charge on any atom is -0.493 e. The van der Waals surface area contributed by atoms with Crippen LogP contribution in [0.3, 0.4) is 0 Å². The minimum absolute atomic E-state index is 0.0122. The Bertz CT molecular complexity index is 1030. The van der Waals surface area contributed by atoms with Crippen molar-refractivity contribution >= 4 is 34.7 Å². The Balaban J connectivity index is 1.73. The van der Waals surface area contributed by atoms with Crippen LogP contribution in [0.5, 0.6) is 11.5 Å². The first-order valence-corrected chi connectivity index (χ1v) is 9.65. The lowest BCUT2D eigenvalue weighted by atomic mass is 10.1. The van der Waals surface area contributed by atoms with E-state index in [2.05, 4.69) is 6.58 Å². The highest BCUT2D eigenvalue weighted by Gasteiger charge is 2.34. The van der Waals surface area contributed by atoms with Gasteiger partial charge in [-0.25, -0.2) is 0 Å². The summed E-state index contributed by atoms with van der Waals surface area (Å²) in [5, 5.41) is 10.4. The summed E-state index contributed by atoms with van der Waals surface area (Å²) in [7, 11) is 1.50. The predicted molar refractivity (Wildman–Crippen MR) is 113 cm³/mol. The number of methoxy groups -OCH3 is 1. The first-order chi connectivity index (χ1) is 14.4. The van der Waals surface area contributed by atoms with Crippen molar-refractivity contribution in [1.29, 1.82) is 0 Å². The molecule has 0 unspecified atom stereocenters. The molecule has 1 aliphatic rings. The first kappa shape index (κ1) is 21.1. The van der Waals surface area contributed by atoms with Gasteiger partial charge in [0.2, 0.25) is 0 Å². The van der Waals surface area contributed by atoms with Crippen molar-refractivity contribution in [1.82, 2.24) is 4.90 Å². The molecule has 0 bridgehead atoms. The van der Waals surface area contributed by atoms with Gasteiger partial charge in [0.15, 0.2) is 11.5 Å². The fraction of sp³-hybridized carbons (Fsp3) is 0.143. The molecule has 2 aromatic rings. The maximum absolute atomic E-state index is 12.3. The second-order valence-electron chi connectivity index (χ2n) is 6.20. The van der Waals surface area contributed by atoms with E-state index in [0.29, 0.717) is 22.0 Å². The van der Waals surface area contributed by atoms with Crippen molar-refractivity contribution in [2.75, 3.05) is 13.7 Å². The molecule has 1 heterocycles. The predicted octanol–water partition coefficient (Wildman–Crippen LogP) is 4.40. The van der Waals surface area contributed by atoms with Gasteiger partial charge >= 0.3 is 0 Å². The number of hydrogen-bond acceptors (Lipinski definition) is 7. The van der Waals surface area contributed by atoms with Crippen LogP contribution in [0, 0.1) is 10.1 Å². The lowest BCUT2D eigenvalue weighted by Gasteiger charge is -2.11. The number of carbonyl (C=O) groups is 2. The van der Waals surface area contributed by atoms with E-state index >= 15 is 0 Å². The zero-order chi connectivity index (χ0) is 21.7. The number of nitrogens with zero attached hydrogens (tertiary/aromatic N) is 2. The van der Waals surface area contributed by atoms with E-state index in [9.17, 15) is 19.7 Å². The van der Waals surface area contributed by atoms with E-state index in [0.717, 1.165) is 22.2 Å². The molecule has 154 valence electrons. The van der Waals surface area contributed by atoms with E-state index < -0.39 is 4.92 Å². The molecule has 30 heavy (non-hydrogen) atoms. The van der Waals surface area contributed by atoms with Gasteiger partial charge in [-0.15, -0.1) is 6.58 Å². The third kappa shape index (κ3) is 4.69. The topological polar surface area (TPSA) is 99.0 Å². The van der Waals surface area contributed by atoms with Crippen LogP contribution in [0.15, 0.2) is 60.0 Å². The number of nitro benzene ring substituents is 1. The fourth-order valence-corrected chi connectivity index (χ4v) is 3.55. The second-order valence-corrected chi connectivity index (χ2v) is 7.20. The summed E-state index contributed by atoms with van der Waals surface area (Å²) in [6, 6.07) is 11.2. The van der Waals surface area contributed by atoms with Gasteiger partial charge in [0.05, 0.1) is 16.9 Å². The Kier molecular flexibility index (Phi) is 6.53. The van der Waals surface area contributed by atoms with Crippen LogP contribution >= 0.6 is 11.8 Å². The number of carbonyl (C=O) groups excluding carboxylic acids is 2. The SMILES string of the molecule is C=CCN1C(=O)S/C(=C/c2ccc(OCc3ccc([N+](=O)[O-])cc3)c(OC)c2)C1=O. The summed E-state index contributed by atoms with van der Waals surface area (Å²) in [6.45, 7) is 3.92. The zero-order valence-corrected chi connectivity index (χ0v) is 16.9. The average Bonchev–Trinajstić information content (AvgIpc) is 3.00. The lowest BCUT2D eigenvalue weighted by molar-refractivity contribution is -0.384. The number of non-ortho nitro benzene ring substituents is 1. The average molecular weight is 426 g/mol. The highest BCUT2D eigenvalue weighted by molar-refractivity contribution is 8.18.